The third-order valence-corrected chi connectivity index (χ3v) is 5.43. The van der Waals surface area contributed by atoms with Crippen molar-refractivity contribution < 1.29 is 4.79 Å². The lowest BCUT2D eigenvalue weighted by atomic mass is 9.99. The molecule has 1 amide bonds. The molecule has 1 heterocycles. The van der Waals surface area contributed by atoms with Crippen molar-refractivity contribution in [1.29, 1.82) is 0 Å². The molecule has 1 saturated heterocycles. The largest absolute Gasteiger partial charge is 0.323 e. The van der Waals surface area contributed by atoms with Crippen molar-refractivity contribution in [2.45, 2.75) is 79.1 Å². The van der Waals surface area contributed by atoms with Gasteiger partial charge in [-0.3, -0.25) is 10.1 Å². The summed E-state index contributed by atoms with van der Waals surface area (Å²) in [4.78, 5) is 15.0. The molecule has 0 aromatic rings. The van der Waals surface area contributed by atoms with Crippen molar-refractivity contribution in [2.24, 2.45) is 11.8 Å². The molecule has 21 heavy (non-hydrogen) atoms. The minimum atomic E-state index is 0.0139. The zero-order valence-electron chi connectivity index (χ0n) is 14.7. The second-order valence-electron chi connectivity index (χ2n) is 6.76. The molecule has 124 valence electrons. The van der Waals surface area contributed by atoms with E-state index in [-0.39, 0.29) is 12.2 Å². The highest BCUT2D eigenvalue weighted by molar-refractivity contribution is 7.99. The van der Waals surface area contributed by atoms with Crippen molar-refractivity contribution in [3.63, 3.8) is 0 Å². The maximum Gasteiger partial charge on any atom is 0.241 e. The van der Waals surface area contributed by atoms with Gasteiger partial charge in [0, 0.05) is 6.04 Å². The van der Waals surface area contributed by atoms with Crippen molar-refractivity contribution >= 4 is 17.7 Å². The number of carbonyl (C=O) groups is 1. The van der Waals surface area contributed by atoms with Crippen LogP contribution in [0, 0.1) is 11.8 Å². The first-order valence-corrected chi connectivity index (χ1v) is 9.73. The van der Waals surface area contributed by atoms with Gasteiger partial charge in [-0.25, -0.2) is 0 Å². The molecule has 4 atom stereocenters. The van der Waals surface area contributed by atoms with Gasteiger partial charge >= 0.3 is 0 Å². The molecule has 4 heteroatoms. The van der Waals surface area contributed by atoms with Crippen molar-refractivity contribution in [1.82, 2.24) is 10.2 Å². The van der Waals surface area contributed by atoms with E-state index in [0.717, 1.165) is 30.8 Å². The maximum atomic E-state index is 12.8. The van der Waals surface area contributed by atoms with E-state index in [2.05, 4.69) is 51.8 Å². The Balaban J connectivity index is 2.76. The van der Waals surface area contributed by atoms with Crippen molar-refractivity contribution in [3.05, 3.63) is 0 Å². The second kappa shape index (κ2) is 9.04. The Morgan fingerprint density at radius 1 is 1.24 bits per heavy atom. The standard InChI is InChI=1S/C17H34N2OS/c1-7-13(5)16-17(20)19(14(6)9-10-21-8-2)15(18-16)11-12(3)4/h12-16,18H,7-11H2,1-6H3. The summed E-state index contributed by atoms with van der Waals surface area (Å²) in [5.74, 6) is 3.64. The Morgan fingerprint density at radius 3 is 2.43 bits per heavy atom. The van der Waals surface area contributed by atoms with Crippen LogP contribution in [0.2, 0.25) is 0 Å². The molecule has 1 rings (SSSR count). The molecule has 1 aliphatic heterocycles. The third-order valence-electron chi connectivity index (χ3n) is 4.49. The first-order valence-electron chi connectivity index (χ1n) is 8.58. The molecular formula is C17H34N2OS. The van der Waals surface area contributed by atoms with E-state index in [0.29, 0.717) is 23.8 Å². The molecule has 1 aliphatic rings. The molecular weight excluding hydrogens is 280 g/mol. The maximum absolute atomic E-state index is 12.8. The first-order chi connectivity index (χ1) is 9.92. The van der Waals surface area contributed by atoms with Gasteiger partial charge in [-0.15, -0.1) is 0 Å². The number of hydrogen-bond donors (Lipinski definition) is 1. The molecule has 0 radical (unpaired) electrons. The number of carbonyl (C=O) groups excluding carboxylic acids is 1. The summed E-state index contributed by atoms with van der Waals surface area (Å²) in [6, 6.07) is 0.349. The van der Waals surface area contributed by atoms with Crippen LogP contribution in [0.5, 0.6) is 0 Å². The van der Waals surface area contributed by atoms with Crippen LogP contribution in [0.3, 0.4) is 0 Å². The van der Waals surface area contributed by atoms with Gasteiger partial charge in [-0.2, -0.15) is 11.8 Å². The van der Waals surface area contributed by atoms with Crippen LogP contribution in [0.1, 0.15) is 60.8 Å². The van der Waals surface area contributed by atoms with Gasteiger partial charge in [-0.05, 0) is 43.1 Å². The van der Waals surface area contributed by atoms with Crippen LogP contribution < -0.4 is 5.32 Å². The van der Waals surface area contributed by atoms with E-state index in [4.69, 9.17) is 0 Å². The fourth-order valence-electron chi connectivity index (χ4n) is 3.01. The fourth-order valence-corrected chi connectivity index (χ4v) is 3.80. The Bertz CT molecular complexity index is 322. The van der Waals surface area contributed by atoms with Crippen molar-refractivity contribution in [3.8, 4) is 0 Å². The van der Waals surface area contributed by atoms with Gasteiger partial charge in [0.2, 0.25) is 5.91 Å². The molecule has 0 aromatic carbocycles. The average Bonchev–Trinajstić information content (AvgIpc) is 2.74. The number of rotatable bonds is 9. The van der Waals surface area contributed by atoms with E-state index in [1.807, 2.05) is 11.8 Å². The zero-order chi connectivity index (χ0) is 16.0. The third kappa shape index (κ3) is 5.17. The summed E-state index contributed by atoms with van der Waals surface area (Å²) in [6.45, 7) is 13.2. The molecule has 0 aromatic heterocycles. The Hall–Kier alpha value is -0.220. The number of nitrogens with one attached hydrogen (secondary N) is 1. The van der Waals surface area contributed by atoms with E-state index < -0.39 is 0 Å². The van der Waals surface area contributed by atoms with Crippen LogP contribution in [0.4, 0.5) is 0 Å². The summed E-state index contributed by atoms with van der Waals surface area (Å²) < 4.78 is 0. The minimum Gasteiger partial charge on any atom is -0.323 e. The van der Waals surface area contributed by atoms with Crippen molar-refractivity contribution in [2.75, 3.05) is 11.5 Å². The Labute approximate surface area is 135 Å². The topological polar surface area (TPSA) is 32.3 Å². The number of nitrogens with zero attached hydrogens (tertiary/aromatic N) is 1. The van der Waals surface area contributed by atoms with Gasteiger partial charge in [-0.1, -0.05) is 41.0 Å². The molecule has 0 saturated carbocycles. The minimum absolute atomic E-state index is 0.0139. The Morgan fingerprint density at radius 2 is 1.90 bits per heavy atom. The quantitative estimate of drug-likeness (QED) is 0.658. The summed E-state index contributed by atoms with van der Waals surface area (Å²) in [7, 11) is 0. The molecule has 0 bridgehead atoms. The lowest BCUT2D eigenvalue weighted by molar-refractivity contribution is -0.133. The van der Waals surface area contributed by atoms with Crippen LogP contribution in [-0.4, -0.2) is 40.6 Å². The van der Waals surface area contributed by atoms with Gasteiger partial charge < -0.3 is 4.90 Å². The predicted molar refractivity (Wildman–Crippen MR) is 93.5 cm³/mol. The second-order valence-corrected chi connectivity index (χ2v) is 8.15. The molecule has 4 unspecified atom stereocenters. The van der Waals surface area contributed by atoms with Crippen LogP contribution in [0.15, 0.2) is 0 Å². The highest BCUT2D eigenvalue weighted by Crippen LogP contribution is 2.26. The van der Waals surface area contributed by atoms with Gasteiger partial charge in [0.1, 0.15) is 0 Å². The molecule has 1 fully saturated rings. The summed E-state index contributed by atoms with van der Waals surface area (Å²) in [5.41, 5.74) is 0. The van der Waals surface area contributed by atoms with Crippen LogP contribution >= 0.6 is 11.8 Å². The van der Waals surface area contributed by atoms with Gasteiger partial charge in [0.25, 0.3) is 0 Å². The van der Waals surface area contributed by atoms with Gasteiger partial charge in [0.05, 0.1) is 12.2 Å². The normalized spacial score (nSPS) is 25.7. The highest BCUT2D eigenvalue weighted by Gasteiger charge is 2.42. The fraction of sp³-hybridized carbons (Fsp3) is 0.941. The monoisotopic (exact) mass is 314 g/mol. The van der Waals surface area contributed by atoms with E-state index in [9.17, 15) is 4.79 Å². The lowest BCUT2D eigenvalue weighted by Gasteiger charge is -2.31. The lowest BCUT2D eigenvalue weighted by Crippen LogP contribution is -2.44. The summed E-state index contributed by atoms with van der Waals surface area (Å²) >= 11 is 1.96. The van der Waals surface area contributed by atoms with Crippen LogP contribution in [0.25, 0.3) is 0 Å². The zero-order valence-corrected chi connectivity index (χ0v) is 15.5. The summed E-state index contributed by atoms with van der Waals surface area (Å²) in [6.07, 6.45) is 3.40. The van der Waals surface area contributed by atoms with Crippen LogP contribution in [-0.2, 0) is 4.79 Å². The SMILES string of the molecule is CCSCCC(C)N1C(=O)C(C(C)CC)NC1CC(C)C. The van der Waals surface area contributed by atoms with E-state index in [1.165, 1.54) is 0 Å². The molecule has 3 nitrogen and oxygen atoms in total. The Kier molecular flexibility index (Phi) is 8.10. The molecule has 0 aliphatic carbocycles. The van der Waals surface area contributed by atoms with E-state index in [1.54, 1.807) is 0 Å². The average molecular weight is 315 g/mol. The van der Waals surface area contributed by atoms with Gasteiger partial charge in [0.15, 0.2) is 0 Å². The smallest absolute Gasteiger partial charge is 0.241 e. The van der Waals surface area contributed by atoms with E-state index >= 15 is 0 Å². The summed E-state index contributed by atoms with van der Waals surface area (Å²) in [5, 5.41) is 3.61. The number of hydrogen-bond acceptors (Lipinski definition) is 3. The highest BCUT2D eigenvalue weighted by atomic mass is 32.2. The molecule has 1 N–H and O–H groups in total. The molecule has 0 spiro atoms. The number of thioether (sulfide) groups is 1. The first kappa shape index (κ1) is 18.8. The predicted octanol–water partition coefficient (Wildman–Crippen LogP) is 3.74. The number of amides is 1.